The quantitative estimate of drug-likeness (QED) is 0.702. The maximum Gasteiger partial charge on any atom is 0.147 e. The van der Waals surface area contributed by atoms with Gasteiger partial charge in [-0.15, -0.1) is 0 Å². The van der Waals surface area contributed by atoms with E-state index in [1.54, 1.807) is 6.20 Å². The maximum absolute atomic E-state index is 11.0. The Bertz CT molecular complexity index is 426. The first kappa shape index (κ1) is 14.2. The molecule has 1 aromatic heterocycles. The molecule has 0 saturated carbocycles. The van der Waals surface area contributed by atoms with Crippen molar-refractivity contribution >= 4 is 9.84 Å². The van der Waals surface area contributed by atoms with E-state index in [9.17, 15) is 8.42 Å². The fraction of sp³-hybridized carbons (Fsp3) is 0.727. The van der Waals surface area contributed by atoms with E-state index in [4.69, 9.17) is 0 Å². The fourth-order valence-electron chi connectivity index (χ4n) is 1.58. The largest absolute Gasteiger partial charge is 0.311 e. The molecule has 0 bridgehead atoms. The lowest BCUT2D eigenvalue weighted by atomic mass is 10.4. The molecule has 0 aliphatic rings. The van der Waals surface area contributed by atoms with Crippen LogP contribution in [0.1, 0.15) is 25.5 Å². The Kier molecular flexibility index (Phi) is 5.64. The molecule has 1 heterocycles. The molecule has 0 atom stereocenters. The van der Waals surface area contributed by atoms with E-state index in [1.165, 1.54) is 6.26 Å². The second kappa shape index (κ2) is 6.76. The van der Waals surface area contributed by atoms with Crippen molar-refractivity contribution in [1.82, 2.24) is 15.1 Å². The molecule has 0 spiro atoms. The molecule has 1 N–H and O–H groups in total. The molecule has 0 saturated heterocycles. The summed E-state index contributed by atoms with van der Waals surface area (Å²) in [5.41, 5.74) is 1.10. The lowest BCUT2D eigenvalue weighted by molar-refractivity contribution is 0.543. The first-order chi connectivity index (χ1) is 8.03. The molecular formula is C11H21N3O2S. The number of rotatable bonds is 8. The molecule has 0 fully saturated rings. The Hall–Kier alpha value is -0.880. The SMILES string of the molecule is CCCNCc1ccnn1CCCS(C)(=O)=O. The van der Waals surface area contributed by atoms with Crippen molar-refractivity contribution in [1.29, 1.82) is 0 Å². The number of sulfone groups is 1. The monoisotopic (exact) mass is 259 g/mol. The van der Waals surface area contributed by atoms with Gasteiger partial charge < -0.3 is 5.32 Å². The zero-order chi connectivity index (χ0) is 12.7. The molecule has 5 nitrogen and oxygen atoms in total. The highest BCUT2D eigenvalue weighted by atomic mass is 32.2. The molecule has 0 aliphatic heterocycles. The minimum absolute atomic E-state index is 0.217. The Morgan fingerprint density at radius 2 is 2.24 bits per heavy atom. The second-order valence-corrected chi connectivity index (χ2v) is 6.47. The molecule has 0 aromatic carbocycles. The molecule has 0 amide bonds. The Labute approximate surface area is 103 Å². The lowest BCUT2D eigenvalue weighted by Gasteiger charge is -2.07. The highest BCUT2D eigenvalue weighted by molar-refractivity contribution is 7.90. The van der Waals surface area contributed by atoms with Crippen molar-refractivity contribution in [3.63, 3.8) is 0 Å². The van der Waals surface area contributed by atoms with Crippen molar-refractivity contribution in [2.75, 3.05) is 18.6 Å². The van der Waals surface area contributed by atoms with Gasteiger partial charge >= 0.3 is 0 Å². The number of hydrogen-bond donors (Lipinski definition) is 1. The van der Waals surface area contributed by atoms with Gasteiger partial charge in [0.25, 0.3) is 0 Å². The van der Waals surface area contributed by atoms with Crippen LogP contribution in [-0.4, -0.2) is 36.8 Å². The zero-order valence-corrected chi connectivity index (χ0v) is 11.3. The summed E-state index contributed by atoms with van der Waals surface area (Å²) in [4.78, 5) is 0. The third-order valence-electron chi connectivity index (χ3n) is 2.42. The number of nitrogens with one attached hydrogen (secondary N) is 1. The average molecular weight is 259 g/mol. The third kappa shape index (κ3) is 5.83. The smallest absolute Gasteiger partial charge is 0.147 e. The van der Waals surface area contributed by atoms with Gasteiger partial charge in [0.2, 0.25) is 0 Å². The molecule has 6 heteroatoms. The third-order valence-corrected chi connectivity index (χ3v) is 3.45. The van der Waals surface area contributed by atoms with E-state index < -0.39 is 9.84 Å². The summed E-state index contributed by atoms with van der Waals surface area (Å²) in [5.74, 6) is 0.217. The molecule has 0 unspecified atom stereocenters. The van der Waals surface area contributed by atoms with Crippen molar-refractivity contribution < 1.29 is 8.42 Å². The summed E-state index contributed by atoms with van der Waals surface area (Å²) in [7, 11) is -2.87. The summed E-state index contributed by atoms with van der Waals surface area (Å²) >= 11 is 0. The fourth-order valence-corrected chi connectivity index (χ4v) is 2.23. The van der Waals surface area contributed by atoms with Gasteiger partial charge in [-0.1, -0.05) is 6.92 Å². The van der Waals surface area contributed by atoms with Crippen LogP contribution in [0.3, 0.4) is 0 Å². The van der Waals surface area contributed by atoms with Gasteiger partial charge in [-0.05, 0) is 25.5 Å². The molecule has 17 heavy (non-hydrogen) atoms. The van der Waals surface area contributed by atoms with E-state index in [2.05, 4.69) is 17.3 Å². The van der Waals surface area contributed by atoms with Crippen LogP contribution in [0.4, 0.5) is 0 Å². The average Bonchev–Trinajstić information content (AvgIpc) is 2.64. The van der Waals surface area contributed by atoms with Crippen LogP contribution < -0.4 is 5.32 Å². The highest BCUT2D eigenvalue weighted by Gasteiger charge is 2.05. The number of nitrogens with zero attached hydrogens (tertiary/aromatic N) is 2. The summed E-state index contributed by atoms with van der Waals surface area (Å²) in [6.07, 6.45) is 4.73. The zero-order valence-electron chi connectivity index (χ0n) is 10.5. The molecule has 0 aliphatic carbocycles. The van der Waals surface area contributed by atoms with Crippen molar-refractivity contribution in [3.8, 4) is 0 Å². The Balaban J connectivity index is 2.40. The van der Waals surface area contributed by atoms with Crippen LogP contribution in [-0.2, 0) is 22.9 Å². The first-order valence-electron chi connectivity index (χ1n) is 5.92. The van der Waals surface area contributed by atoms with Gasteiger partial charge in [-0.2, -0.15) is 5.10 Å². The maximum atomic E-state index is 11.0. The van der Waals surface area contributed by atoms with Crippen LogP contribution in [0.25, 0.3) is 0 Å². The minimum Gasteiger partial charge on any atom is -0.311 e. The van der Waals surface area contributed by atoms with Crippen LogP contribution >= 0.6 is 0 Å². The summed E-state index contributed by atoms with van der Waals surface area (Å²) < 4.78 is 23.9. The van der Waals surface area contributed by atoms with E-state index in [-0.39, 0.29) is 5.75 Å². The number of hydrogen-bond acceptors (Lipinski definition) is 4. The van der Waals surface area contributed by atoms with Gasteiger partial charge in [-0.25, -0.2) is 8.42 Å². The van der Waals surface area contributed by atoms with E-state index in [0.717, 1.165) is 25.2 Å². The predicted molar refractivity (Wildman–Crippen MR) is 68.6 cm³/mol. The molecule has 98 valence electrons. The highest BCUT2D eigenvalue weighted by Crippen LogP contribution is 2.01. The molecule has 0 radical (unpaired) electrons. The van der Waals surface area contributed by atoms with Crippen LogP contribution in [0.5, 0.6) is 0 Å². The van der Waals surface area contributed by atoms with Crippen LogP contribution in [0, 0.1) is 0 Å². The van der Waals surface area contributed by atoms with Gasteiger partial charge in [0.1, 0.15) is 9.84 Å². The number of aryl methyl sites for hydroxylation is 1. The van der Waals surface area contributed by atoms with Gasteiger partial charge in [0, 0.05) is 25.5 Å². The van der Waals surface area contributed by atoms with Crippen molar-refractivity contribution in [2.45, 2.75) is 32.9 Å². The topological polar surface area (TPSA) is 64.0 Å². The normalized spacial score (nSPS) is 11.9. The van der Waals surface area contributed by atoms with Crippen LogP contribution in [0.2, 0.25) is 0 Å². The Morgan fingerprint density at radius 3 is 2.88 bits per heavy atom. The lowest BCUT2D eigenvalue weighted by Crippen LogP contribution is -2.18. The van der Waals surface area contributed by atoms with Crippen molar-refractivity contribution in [3.05, 3.63) is 18.0 Å². The Morgan fingerprint density at radius 1 is 1.47 bits per heavy atom. The minimum atomic E-state index is -2.87. The first-order valence-corrected chi connectivity index (χ1v) is 7.98. The number of aromatic nitrogens is 2. The summed E-state index contributed by atoms with van der Waals surface area (Å²) in [6, 6.07) is 1.96. The van der Waals surface area contributed by atoms with E-state index in [0.29, 0.717) is 13.0 Å². The van der Waals surface area contributed by atoms with Gasteiger partial charge in [0.15, 0.2) is 0 Å². The molecule has 1 aromatic rings. The summed E-state index contributed by atoms with van der Waals surface area (Å²) in [5, 5.41) is 7.50. The van der Waals surface area contributed by atoms with Gasteiger partial charge in [0.05, 0.1) is 11.4 Å². The van der Waals surface area contributed by atoms with Crippen molar-refractivity contribution in [2.24, 2.45) is 0 Å². The van der Waals surface area contributed by atoms with E-state index in [1.807, 2.05) is 10.7 Å². The summed E-state index contributed by atoms with van der Waals surface area (Å²) in [6.45, 7) is 4.54. The molecular weight excluding hydrogens is 238 g/mol. The predicted octanol–water partition coefficient (Wildman–Crippen LogP) is 0.817. The van der Waals surface area contributed by atoms with E-state index >= 15 is 0 Å². The second-order valence-electron chi connectivity index (χ2n) is 4.21. The standard InChI is InChI=1S/C11H21N3O2S/c1-3-6-12-10-11-5-7-13-14(11)8-4-9-17(2,15)16/h5,7,12H,3-4,6,8-10H2,1-2H3. The van der Waals surface area contributed by atoms with Gasteiger partial charge in [-0.3, -0.25) is 4.68 Å². The van der Waals surface area contributed by atoms with Crippen LogP contribution in [0.15, 0.2) is 12.3 Å². The molecule has 1 rings (SSSR count).